The van der Waals surface area contributed by atoms with Crippen LogP contribution in [0, 0.1) is 0 Å². The van der Waals surface area contributed by atoms with Crippen LogP contribution < -0.4 is 15.2 Å². The highest BCUT2D eigenvalue weighted by Crippen LogP contribution is 2.28. The number of carbonyl (C=O) groups is 2. The van der Waals surface area contributed by atoms with Crippen molar-refractivity contribution >= 4 is 17.9 Å². The van der Waals surface area contributed by atoms with Crippen LogP contribution in [-0.2, 0) is 11.2 Å². The van der Waals surface area contributed by atoms with Gasteiger partial charge in [-0.3, -0.25) is 9.59 Å². The number of nitrogens with two attached hydrogens (primary N) is 1. The summed E-state index contributed by atoms with van der Waals surface area (Å²) in [5, 5.41) is 10.7. The lowest BCUT2D eigenvalue weighted by atomic mass is 9.98. The molecule has 3 N–H and O–H groups in total. The Morgan fingerprint density at radius 1 is 0.941 bits per heavy atom. The molecule has 0 saturated carbocycles. The third kappa shape index (κ3) is 6.02. The summed E-state index contributed by atoms with van der Waals surface area (Å²) < 4.78 is 10.6. The van der Waals surface area contributed by atoms with E-state index in [1.807, 2.05) is 30.3 Å². The highest BCUT2D eigenvalue weighted by atomic mass is 16.5. The number of benzene rings is 3. The van der Waals surface area contributed by atoms with Crippen LogP contribution in [0.1, 0.15) is 21.5 Å². The molecule has 0 aromatic heterocycles. The molecule has 2 amide bonds. The monoisotopic (exact) mass is 460 g/mol. The Kier molecular flexibility index (Phi) is 8.43. The number of ether oxygens (including phenoxy) is 2. The van der Waals surface area contributed by atoms with Gasteiger partial charge in [-0.2, -0.15) is 0 Å². The van der Waals surface area contributed by atoms with E-state index in [0.29, 0.717) is 17.1 Å². The number of amides is 2. The number of aliphatic hydroxyl groups is 1. The van der Waals surface area contributed by atoms with Crippen molar-refractivity contribution in [1.82, 2.24) is 4.90 Å². The molecular formula is C27H28N2O5. The molecule has 3 rings (SSSR count). The van der Waals surface area contributed by atoms with Gasteiger partial charge in [0, 0.05) is 11.8 Å². The third-order valence-electron chi connectivity index (χ3n) is 5.39. The highest BCUT2D eigenvalue weighted by molar-refractivity contribution is 5.96. The molecule has 2 atom stereocenters. The zero-order chi connectivity index (χ0) is 24.5. The Balaban J connectivity index is 2.04. The average Bonchev–Trinajstić information content (AvgIpc) is 2.88. The van der Waals surface area contributed by atoms with Crippen LogP contribution in [0.4, 0.5) is 0 Å². The lowest BCUT2D eigenvalue weighted by Gasteiger charge is -2.31. The van der Waals surface area contributed by atoms with Gasteiger partial charge < -0.3 is 25.2 Å². The van der Waals surface area contributed by atoms with Gasteiger partial charge in [-0.15, -0.1) is 0 Å². The maximum absolute atomic E-state index is 13.5. The molecule has 3 aromatic rings. The fraction of sp³-hybridized carbons (Fsp3) is 0.185. The molecule has 34 heavy (non-hydrogen) atoms. The van der Waals surface area contributed by atoms with E-state index in [1.165, 1.54) is 12.0 Å². The molecule has 0 spiro atoms. The van der Waals surface area contributed by atoms with Crippen molar-refractivity contribution in [2.24, 2.45) is 5.73 Å². The first kappa shape index (κ1) is 24.5. The third-order valence-corrected chi connectivity index (χ3v) is 5.39. The predicted octanol–water partition coefficient (Wildman–Crippen LogP) is 3.27. The van der Waals surface area contributed by atoms with Crippen molar-refractivity contribution in [1.29, 1.82) is 0 Å². The summed E-state index contributed by atoms with van der Waals surface area (Å²) in [4.78, 5) is 26.9. The second kappa shape index (κ2) is 11.7. The standard InChI is InChI=1S/C27H28N2O5/c1-33-23-14-13-20(18-24(23)34-2)15-16-29(27(32)21-11-7-4-8-12-21)22(25(30)26(28)31)17-19-9-5-3-6-10-19/h3-16,18,22,25,30H,17H2,1-2H3,(H2,28,31). The van der Waals surface area contributed by atoms with Crippen molar-refractivity contribution in [2.45, 2.75) is 18.6 Å². The van der Waals surface area contributed by atoms with E-state index in [2.05, 4.69) is 0 Å². The number of hydrogen-bond acceptors (Lipinski definition) is 5. The van der Waals surface area contributed by atoms with E-state index in [4.69, 9.17) is 15.2 Å². The summed E-state index contributed by atoms with van der Waals surface area (Å²) in [6.45, 7) is 0. The molecule has 0 radical (unpaired) electrons. The van der Waals surface area contributed by atoms with Crippen molar-refractivity contribution in [3.05, 3.63) is 102 Å². The molecule has 7 nitrogen and oxygen atoms in total. The smallest absolute Gasteiger partial charge is 0.258 e. The molecule has 3 aromatic carbocycles. The summed E-state index contributed by atoms with van der Waals surface area (Å²) in [7, 11) is 3.09. The number of rotatable bonds is 10. The van der Waals surface area contributed by atoms with Gasteiger partial charge in [0.05, 0.1) is 20.3 Å². The maximum Gasteiger partial charge on any atom is 0.258 e. The summed E-state index contributed by atoms with van der Waals surface area (Å²) >= 11 is 0. The Morgan fingerprint density at radius 3 is 2.15 bits per heavy atom. The van der Waals surface area contributed by atoms with E-state index < -0.39 is 18.1 Å². The number of primary amides is 1. The molecule has 0 fully saturated rings. The van der Waals surface area contributed by atoms with E-state index in [-0.39, 0.29) is 12.3 Å². The number of methoxy groups -OCH3 is 2. The van der Waals surface area contributed by atoms with Gasteiger partial charge in [-0.1, -0.05) is 54.6 Å². The van der Waals surface area contributed by atoms with E-state index in [9.17, 15) is 14.7 Å². The van der Waals surface area contributed by atoms with Gasteiger partial charge in [-0.25, -0.2) is 0 Å². The molecule has 7 heteroatoms. The van der Waals surface area contributed by atoms with E-state index in [1.54, 1.807) is 67.9 Å². The number of carbonyl (C=O) groups excluding carboxylic acids is 2. The molecule has 0 bridgehead atoms. The molecule has 0 aliphatic rings. The highest BCUT2D eigenvalue weighted by Gasteiger charge is 2.32. The largest absolute Gasteiger partial charge is 0.493 e. The van der Waals surface area contributed by atoms with Gasteiger partial charge >= 0.3 is 0 Å². The zero-order valence-electron chi connectivity index (χ0n) is 19.1. The summed E-state index contributed by atoms with van der Waals surface area (Å²) in [5.74, 6) is -0.184. The quantitative estimate of drug-likeness (QED) is 0.484. The molecule has 0 aliphatic carbocycles. The Labute approximate surface area is 199 Å². The molecule has 176 valence electrons. The van der Waals surface area contributed by atoms with Crippen LogP contribution in [-0.4, -0.2) is 48.2 Å². The summed E-state index contributed by atoms with van der Waals surface area (Å²) in [6, 6.07) is 22.4. The van der Waals surface area contributed by atoms with Gasteiger partial charge in [0.1, 0.15) is 0 Å². The predicted molar refractivity (Wildman–Crippen MR) is 130 cm³/mol. The first-order valence-corrected chi connectivity index (χ1v) is 10.7. The minimum absolute atomic E-state index is 0.222. The van der Waals surface area contributed by atoms with Crippen LogP contribution in [0.5, 0.6) is 11.5 Å². The summed E-state index contributed by atoms with van der Waals surface area (Å²) in [5.41, 5.74) is 7.45. The first-order chi connectivity index (χ1) is 16.4. The number of nitrogens with zero attached hydrogens (tertiary/aromatic N) is 1. The van der Waals surface area contributed by atoms with E-state index >= 15 is 0 Å². The topological polar surface area (TPSA) is 102 Å². The van der Waals surface area contributed by atoms with Gasteiger partial charge in [0.15, 0.2) is 17.6 Å². The number of aliphatic hydroxyl groups excluding tert-OH is 1. The minimum Gasteiger partial charge on any atom is -0.493 e. The molecule has 0 saturated heterocycles. The minimum atomic E-state index is -1.58. The maximum atomic E-state index is 13.5. The Hall–Kier alpha value is -4.10. The van der Waals surface area contributed by atoms with Crippen molar-refractivity contribution in [2.75, 3.05) is 14.2 Å². The van der Waals surface area contributed by atoms with Crippen LogP contribution in [0.2, 0.25) is 0 Å². The van der Waals surface area contributed by atoms with Crippen LogP contribution >= 0.6 is 0 Å². The van der Waals surface area contributed by atoms with Crippen LogP contribution in [0.3, 0.4) is 0 Å². The van der Waals surface area contributed by atoms with Crippen molar-refractivity contribution < 1.29 is 24.2 Å². The SMILES string of the molecule is COc1ccc(C=CN(C(=O)c2ccccc2)C(Cc2ccccc2)C(O)C(N)=O)cc1OC. The van der Waals surface area contributed by atoms with Gasteiger partial charge in [-0.05, 0) is 47.9 Å². The molecule has 0 heterocycles. The van der Waals surface area contributed by atoms with Crippen molar-refractivity contribution in [3.8, 4) is 11.5 Å². The van der Waals surface area contributed by atoms with Crippen molar-refractivity contribution in [3.63, 3.8) is 0 Å². The molecule has 0 aliphatic heterocycles. The average molecular weight is 461 g/mol. The van der Waals surface area contributed by atoms with Crippen LogP contribution in [0.15, 0.2) is 85.1 Å². The lowest BCUT2D eigenvalue weighted by Crippen LogP contribution is -2.50. The molecule has 2 unspecified atom stereocenters. The Bertz CT molecular complexity index is 1130. The second-order valence-corrected chi connectivity index (χ2v) is 7.61. The zero-order valence-corrected chi connectivity index (χ0v) is 19.1. The number of hydrogen-bond donors (Lipinski definition) is 2. The lowest BCUT2D eigenvalue weighted by molar-refractivity contribution is -0.128. The summed E-state index contributed by atoms with van der Waals surface area (Å²) in [6.07, 6.45) is 1.90. The van der Waals surface area contributed by atoms with Gasteiger partial charge in [0.2, 0.25) is 5.91 Å². The fourth-order valence-corrected chi connectivity index (χ4v) is 3.59. The normalized spacial score (nSPS) is 12.7. The molecular weight excluding hydrogens is 432 g/mol. The van der Waals surface area contributed by atoms with Crippen LogP contribution in [0.25, 0.3) is 6.08 Å². The van der Waals surface area contributed by atoms with Gasteiger partial charge in [0.25, 0.3) is 5.91 Å². The Morgan fingerprint density at radius 2 is 1.56 bits per heavy atom. The first-order valence-electron chi connectivity index (χ1n) is 10.7. The second-order valence-electron chi connectivity index (χ2n) is 7.61. The van der Waals surface area contributed by atoms with E-state index in [0.717, 1.165) is 11.1 Å². The fourth-order valence-electron chi connectivity index (χ4n) is 3.59.